The summed E-state index contributed by atoms with van der Waals surface area (Å²) in [4.78, 5) is 19.8. The first kappa shape index (κ1) is 18.0. The molecule has 2 heterocycles. The maximum Gasteiger partial charge on any atom is 0.253 e. The monoisotopic (exact) mass is 346 g/mol. The molecule has 2 aliphatic rings. The maximum atomic E-state index is 12.8. The number of amides is 1. The highest BCUT2D eigenvalue weighted by Gasteiger charge is 2.29. The third kappa shape index (κ3) is 4.07. The van der Waals surface area contributed by atoms with Crippen LogP contribution in [-0.4, -0.2) is 79.6 Å². The number of carbonyl (C=O) groups excluding carboxylic acids is 1. The highest BCUT2D eigenvalue weighted by Crippen LogP contribution is 2.25. The second-order valence-corrected chi connectivity index (χ2v) is 6.95. The zero-order chi connectivity index (χ0) is 17.8. The van der Waals surface area contributed by atoms with Crippen molar-refractivity contribution in [3.05, 3.63) is 23.8 Å². The second-order valence-electron chi connectivity index (χ2n) is 6.95. The first-order chi connectivity index (χ1) is 12.1. The van der Waals surface area contributed by atoms with Gasteiger partial charge in [-0.25, -0.2) is 0 Å². The van der Waals surface area contributed by atoms with E-state index in [1.165, 1.54) is 13.1 Å². The van der Waals surface area contributed by atoms with Gasteiger partial charge in [0, 0.05) is 50.9 Å². The van der Waals surface area contributed by atoms with Crippen LogP contribution in [0, 0.1) is 0 Å². The number of nitrogen functional groups attached to an aromatic ring is 1. The molecule has 0 spiro atoms. The zero-order valence-electron chi connectivity index (χ0n) is 15.4. The molecule has 0 aliphatic carbocycles. The number of methoxy groups -OCH3 is 1. The predicted octanol–water partition coefficient (Wildman–Crippen LogP) is 1.52. The summed E-state index contributed by atoms with van der Waals surface area (Å²) in [6, 6.07) is 5.89. The van der Waals surface area contributed by atoms with Crippen LogP contribution in [0.3, 0.4) is 0 Å². The second kappa shape index (κ2) is 8.06. The number of anilines is 1. The van der Waals surface area contributed by atoms with Crippen molar-refractivity contribution in [2.45, 2.75) is 25.8 Å². The molecule has 1 aromatic rings. The Kier molecular flexibility index (Phi) is 5.81. The Morgan fingerprint density at radius 1 is 1.16 bits per heavy atom. The first-order valence-electron chi connectivity index (χ1n) is 9.31. The summed E-state index contributed by atoms with van der Waals surface area (Å²) in [5, 5.41) is 0. The van der Waals surface area contributed by atoms with Crippen LogP contribution in [0.2, 0.25) is 0 Å². The van der Waals surface area contributed by atoms with Crippen LogP contribution in [0.5, 0.6) is 5.75 Å². The molecule has 25 heavy (non-hydrogen) atoms. The van der Waals surface area contributed by atoms with Crippen molar-refractivity contribution in [1.82, 2.24) is 14.7 Å². The molecule has 6 nitrogen and oxygen atoms in total. The van der Waals surface area contributed by atoms with Gasteiger partial charge >= 0.3 is 0 Å². The van der Waals surface area contributed by atoms with Gasteiger partial charge in [-0.2, -0.15) is 0 Å². The Morgan fingerprint density at radius 3 is 2.44 bits per heavy atom. The zero-order valence-corrected chi connectivity index (χ0v) is 15.4. The summed E-state index contributed by atoms with van der Waals surface area (Å²) < 4.78 is 5.23. The fraction of sp³-hybridized carbons (Fsp3) is 0.632. The molecule has 2 saturated heterocycles. The van der Waals surface area contributed by atoms with Gasteiger partial charge in [-0.15, -0.1) is 0 Å². The molecule has 0 bridgehead atoms. The molecule has 0 saturated carbocycles. The minimum Gasteiger partial charge on any atom is -0.495 e. The van der Waals surface area contributed by atoms with E-state index in [2.05, 4.69) is 16.7 Å². The van der Waals surface area contributed by atoms with E-state index in [1.54, 1.807) is 25.3 Å². The van der Waals surface area contributed by atoms with Gasteiger partial charge in [-0.1, -0.05) is 6.92 Å². The van der Waals surface area contributed by atoms with Gasteiger partial charge in [-0.05, 0) is 37.6 Å². The summed E-state index contributed by atoms with van der Waals surface area (Å²) >= 11 is 0. The number of nitrogens with two attached hydrogens (primary N) is 1. The minimum absolute atomic E-state index is 0.0764. The van der Waals surface area contributed by atoms with Crippen molar-refractivity contribution in [1.29, 1.82) is 0 Å². The number of likely N-dealkylation sites (N-methyl/N-ethyl adjacent to an activating group) is 1. The van der Waals surface area contributed by atoms with Gasteiger partial charge in [0.2, 0.25) is 0 Å². The molecule has 0 atom stereocenters. The number of piperidine rings is 1. The molecule has 2 fully saturated rings. The molecule has 0 radical (unpaired) electrons. The Hall–Kier alpha value is -1.79. The van der Waals surface area contributed by atoms with E-state index < -0.39 is 0 Å². The molecule has 0 unspecified atom stereocenters. The minimum atomic E-state index is 0.0764. The quantitative estimate of drug-likeness (QED) is 0.838. The Balaban J connectivity index is 1.54. The summed E-state index contributed by atoms with van der Waals surface area (Å²) in [7, 11) is 1.57. The van der Waals surface area contributed by atoms with Gasteiger partial charge in [0.1, 0.15) is 5.75 Å². The van der Waals surface area contributed by atoms with Crippen molar-refractivity contribution >= 4 is 11.6 Å². The lowest BCUT2D eigenvalue weighted by atomic mass is 10.0. The van der Waals surface area contributed by atoms with Crippen molar-refractivity contribution in [2.75, 3.05) is 58.7 Å². The van der Waals surface area contributed by atoms with Gasteiger partial charge in [0.25, 0.3) is 5.91 Å². The van der Waals surface area contributed by atoms with E-state index in [1.807, 2.05) is 4.90 Å². The fourth-order valence-corrected chi connectivity index (χ4v) is 3.91. The van der Waals surface area contributed by atoms with Crippen LogP contribution in [0.15, 0.2) is 18.2 Å². The summed E-state index contributed by atoms with van der Waals surface area (Å²) in [6.07, 6.45) is 2.12. The molecular weight excluding hydrogens is 316 g/mol. The first-order valence-corrected chi connectivity index (χ1v) is 9.31. The van der Waals surface area contributed by atoms with Gasteiger partial charge < -0.3 is 20.3 Å². The highest BCUT2D eigenvalue weighted by atomic mass is 16.5. The van der Waals surface area contributed by atoms with Crippen molar-refractivity contribution in [3.8, 4) is 5.75 Å². The van der Waals surface area contributed by atoms with E-state index in [0.717, 1.165) is 45.6 Å². The van der Waals surface area contributed by atoms with E-state index in [9.17, 15) is 4.79 Å². The lowest BCUT2D eigenvalue weighted by molar-refractivity contribution is 0.0490. The largest absolute Gasteiger partial charge is 0.495 e. The number of carbonyl (C=O) groups is 1. The molecule has 2 N–H and O–H groups in total. The van der Waals surface area contributed by atoms with Crippen LogP contribution < -0.4 is 10.5 Å². The number of hydrogen-bond acceptors (Lipinski definition) is 5. The SMILES string of the molecule is CCN1CCN(C2CCN(C(=O)c3ccc(N)c(OC)c3)CC2)CC1. The van der Waals surface area contributed by atoms with Gasteiger partial charge in [0.15, 0.2) is 0 Å². The number of likely N-dealkylation sites (tertiary alicyclic amines) is 1. The van der Waals surface area contributed by atoms with Crippen molar-refractivity contribution < 1.29 is 9.53 Å². The van der Waals surface area contributed by atoms with Gasteiger partial charge in [0.05, 0.1) is 12.8 Å². The van der Waals surface area contributed by atoms with Crippen LogP contribution in [0.25, 0.3) is 0 Å². The molecule has 6 heteroatoms. The third-order valence-electron chi connectivity index (χ3n) is 5.60. The van der Waals surface area contributed by atoms with Crippen LogP contribution in [-0.2, 0) is 0 Å². The molecule has 138 valence electrons. The number of rotatable bonds is 4. The molecular formula is C19H30N4O2. The average Bonchev–Trinajstić information content (AvgIpc) is 2.68. The van der Waals surface area contributed by atoms with Crippen LogP contribution in [0.1, 0.15) is 30.1 Å². The van der Waals surface area contributed by atoms with Crippen molar-refractivity contribution in [3.63, 3.8) is 0 Å². The average molecular weight is 346 g/mol. The van der Waals surface area contributed by atoms with E-state index in [-0.39, 0.29) is 5.91 Å². The Morgan fingerprint density at radius 2 is 1.84 bits per heavy atom. The molecule has 2 aliphatic heterocycles. The Bertz CT molecular complexity index is 591. The Labute approximate surface area is 150 Å². The molecule has 3 rings (SSSR count). The van der Waals surface area contributed by atoms with Crippen LogP contribution >= 0.6 is 0 Å². The number of hydrogen-bond donors (Lipinski definition) is 1. The lowest BCUT2D eigenvalue weighted by Crippen LogP contribution is -2.53. The number of nitrogens with zero attached hydrogens (tertiary/aromatic N) is 3. The number of ether oxygens (including phenoxy) is 1. The molecule has 0 aromatic heterocycles. The van der Waals surface area contributed by atoms with Crippen LogP contribution in [0.4, 0.5) is 5.69 Å². The lowest BCUT2D eigenvalue weighted by Gasteiger charge is -2.42. The molecule has 1 amide bonds. The number of benzene rings is 1. The standard InChI is InChI=1S/C19H30N4O2/c1-3-21-10-12-22(13-11-21)16-6-8-23(9-7-16)19(24)15-4-5-17(20)18(14-15)25-2/h4-5,14,16H,3,6-13,20H2,1-2H3. The fourth-order valence-electron chi connectivity index (χ4n) is 3.91. The summed E-state index contributed by atoms with van der Waals surface area (Å²) in [5.74, 6) is 0.641. The molecule has 1 aromatic carbocycles. The summed E-state index contributed by atoms with van der Waals surface area (Å²) in [5.41, 5.74) is 7.05. The highest BCUT2D eigenvalue weighted by molar-refractivity contribution is 5.95. The van der Waals surface area contributed by atoms with E-state index >= 15 is 0 Å². The maximum absolute atomic E-state index is 12.8. The van der Waals surface area contributed by atoms with E-state index in [4.69, 9.17) is 10.5 Å². The predicted molar refractivity (Wildman–Crippen MR) is 100 cm³/mol. The van der Waals surface area contributed by atoms with Crippen molar-refractivity contribution in [2.24, 2.45) is 0 Å². The number of piperazine rings is 1. The summed E-state index contributed by atoms with van der Waals surface area (Å²) in [6.45, 7) is 9.66. The topological polar surface area (TPSA) is 62.0 Å². The van der Waals surface area contributed by atoms with E-state index in [0.29, 0.717) is 23.0 Å². The third-order valence-corrected chi connectivity index (χ3v) is 5.60. The smallest absolute Gasteiger partial charge is 0.253 e. The normalized spacial score (nSPS) is 20.6. The van der Waals surface area contributed by atoms with Gasteiger partial charge in [-0.3, -0.25) is 9.69 Å².